The third kappa shape index (κ3) is 9.48. The van der Waals surface area contributed by atoms with Crippen molar-refractivity contribution in [3.05, 3.63) is 106 Å². The highest BCUT2D eigenvalue weighted by molar-refractivity contribution is 5.94. The highest BCUT2D eigenvalue weighted by atomic mass is 35.5. The number of nitrogens with zero attached hydrogens (tertiary/aromatic N) is 1. The van der Waals surface area contributed by atoms with E-state index in [2.05, 4.69) is 10.2 Å². The summed E-state index contributed by atoms with van der Waals surface area (Å²) in [6.45, 7) is 2.66. The van der Waals surface area contributed by atoms with E-state index in [1.165, 1.54) is 12.8 Å². The Balaban J connectivity index is 0.00000462. The fourth-order valence-electron chi connectivity index (χ4n) is 4.70. The standard InChI is InChI=1S/C30H30F6N2O2.ClH/c31-29(32,33)26-14-22(15-27(16-26)30(34,35)36)19-40-20-25(23-6-2-1-3-7-23)17-37-28(39)24-10-8-21(9-11-24)18-38-12-4-5-13-38;/h1-3,6-11,14-16,25H,4-5,12-13,17-20H2,(H,37,39);1H. The van der Waals surface area contributed by atoms with Gasteiger partial charge >= 0.3 is 12.4 Å². The van der Waals surface area contributed by atoms with E-state index in [4.69, 9.17) is 4.74 Å². The Bertz CT molecular complexity index is 1230. The second-order valence-corrected chi connectivity index (χ2v) is 9.93. The average molecular weight is 601 g/mol. The summed E-state index contributed by atoms with van der Waals surface area (Å²) in [7, 11) is 0. The summed E-state index contributed by atoms with van der Waals surface area (Å²) >= 11 is 0. The summed E-state index contributed by atoms with van der Waals surface area (Å²) in [6, 6.07) is 17.8. The van der Waals surface area contributed by atoms with Crippen molar-refractivity contribution in [1.82, 2.24) is 10.2 Å². The molecule has 1 N–H and O–H groups in total. The lowest BCUT2D eigenvalue weighted by Gasteiger charge is -2.19. The Morgan fingerprint density at radius 3 is 1.98 bits per heavy atom. The predicted octanol–water partition coefficient (Wildman–Crippen LogP) is 7.47. The molecule has 0 saturated carbocycles. The second-order valence-electron chi connectivity index (χ2n) is 9.93. The van der Waals surface area contributed by atoms with Crippen molar-refractivity contribution < 1.29 is 35.9 Å². The number of alkyl halides is 6. The maximum atomic E-state index is 13.2. The first-order chi connectivity index (χ1) is 19.0. The summed E-state index contributed by atoms with van der Waals surface area (Å²) in [4.78, 5) is 15.2. The van der Waals surface area contributed by atoms with Gasteiger partial charge in [0.2, 0.25) is 0 Å². The van der Waals surface area contributed by atoms with Crippen molar-refractivity contribution in [2.75, 3.05) is 26.2 Å². The lowest BCUT2D eigenvalue weighted by Crippen LogP contribution is -2.30. The van der Waals surface area contributed by atoms with Crippen LogP contribution in [0.2, 0.25) is 0 Å². The molecule has 1 unspecified atom stereocenters. The molecule has 41 heavy (non-hydrogen) atoms. The second kappa shape index (κ2) is 14.2. The number of carbonyl (C=O) groups excluding carboxylic acids is 1. The molecule has 4 nitrogen and oxygen atoms in total. The van der Waals surface area contributed by atoms with Gasteiger partial charge in [-0.3, -0.25) is 9.69 Å². The van der Waals surface area contributed by atoms with Crippen molar-refractivity contribution in [2.24, 2.45) is 0 Å². The molecule has 4 rings (SSSR count). The number of benzene rings is 3. The van der Waals surface area contributed by atoms with Gasteiger partial charge in [0.15, 0.2) is 0 Å². The van der Waals surface area contributed by atoms with E-state index in [0.29, 0.717) is 17.7 Å². The summed E-state index contributed by atoms with van der Waals surface area (Å²) in [5.74, 6) is -0.672. The number of amides is 1. The molecular formula is C30H31ClF6N2O2. The van der Waals surface area contributed by atoms with Crippen LogP contribution in [0.3, 0.4) is 0 Å². The molecule has 0 aromatic heterocycles. The lowest BCUT2D eigenvalue weighted by atomic mass is 9.99. The van der Waals surface area contributed by atoms with E-state index >= 15 is 0 Å². The SMILES string of the molecule is Cl.O=C(NCC(COCc1cc(C(F)(F)F)cc(C(F)(F)F)c1)c1ccccc1)c1ccc(CN2CCCC2)cc1. The van der Waals surface area contributed by atoms with Gasteiger partial charge in [-0.1, -0.05) is 42.5 Å². The Kier molecular flexibility index (Phi) is 11.2. The summed E-state index contributed by atoms with van der Waals surface area (Å²) in [5, 5.41) is 2.87. The first kappa shape index (κ1) is 32.4. The average Bonchev–Trinajstić information content (AvgIpc) is 3.43. The van der Waals surface area contributed by atoms with Crippen LogP contribution in [-0.4, -0.2) is 37.0 Å². The monoisotopic (exact) mass is 600 g/mol. The van der Waals surface area contributed by atoms with Crippen molar-refractivity contribution in [2.45, 2.75) is 44.3 Å². The zero-order valence-corrected chi connectivity index (χ0v) is 22.9. The summed E-state index contributed by atoms with van der Waals surface area (Å²) in [6.07, 6.45) is -7.47. The number of rotatable bonds is 10. The minimum absolute atomic E-state index is 0. The van der Waals surface area contributed by atoms with E-state index in [9.17, 15) is 31.1 Å². The number of hydrogen-bond acceptors (Lipinski definition) is 3. The Hall–Kier alpha value is -3.08. The molecule has 1 aliphatic rings. The van der Waals surface area contributed by atoms with Gasteiger partial charge in [0.25, 0.3) is 5.91 Å². The van der Waals surface area contributed by atoms with Crippen LogP contribution in [0.25, 0.3) is 0 Å². The molecule has 1 saturated heterocycles. The minimum Gasteiger partial charge on any atom is -0.376 e. The lowest BCUT2D eigenvalue weighted by molar-refractivity contribution is -0.143. The van der Waals surface area contributed by atoms with Crippen LogP contribution in [0, 0.1) is 0 Å². The maximum absolute atomic E-state index is 13.2. The smallest absolute Gasteiger partial charge is 0.376 e. The molecule has 11 heteroatoms. The molecule has 1 amide bonds. The van der Waals surface area contributed by atoms with Gasteiger partial charge in [-0.15, -0.1) is 12.4 Å². The molecule has 1 heterocycles. The summed E-state index contributed by atoms with van der Waals surface area (Å²) in [5.41, 5.74) is -0.604. The van der Waals surface area contributed by atoms with Gasteiger partial charge in [0.05, 0.1) is 24.3 Å². The van der Waals surface area contributed by atoms with Crippen LogP contribution in [-0.2, 0) is 30.2 Å². The van der Waals surface area contributed by atoms with Crippen molar-refractivity contribution in [1.29, 1.82) is 0 Å². The number of nitrogens with one attached hydrogen (secondary N) is 1. The molecular weight excluding hydrogens is 570 g/mol. The molecule has 0 bridgehead atoms. The fraction of sp³-hybridized carbons (Fsp3) is 0.367. The Morgan fingerprint density at radius 1 is 0.829 bits per heavy atom. The molecule has 3 aromatic carbocycles. The van der Waals surface area contributed by atoms with Gasteiger partial charge < -0.3 is 10.1 Å². The zero-order chi connectivity index (χ0) is 28.8. The Labute approximate surface area is 241 Å². The van der Waals surface area contributed by atoms with E-state index in [0.717, 1.165) is 30.8 Å². The van der Waals surface area contributed by atoms with E-state index in [-0.39, 0.29) is 49.0 Å². The fourth-order valence-corrected chi connectivity index (χ4v) is 4.70. The number of halogens is 7. The van der Waals surface area contributed by atoms with Crippen LogP contribution in [0.4, 0.5) is 26.3 Å². The number of ether oxygens (including phenoxy) is 1. The van der Waals surface area contributed by atoms with Gasteiger partial charge in [0.1, 0.15) is 0 Å². The number of likely N-dealkylation sites (tertiary alicyclic amines) is 1. The number of carbonyl (C=O) groups is 1. The molecule has 1 aliphatic heterocycles. The van der Waals surface area contributed by atoms with Crippen LogP contribution in [0.15, 0.2) is 72.8 Å². The van der Waals surface area contributed by atoms with E-state index in [1.54, 1.807) is 24.3 Å². The van der Waals surface area contributed by atoms with Gasteiger partial charge in [0, 0.05) is 24.6 Å². The normalized spacial score (nSPS) is 14.9. The van der Waals surface area contributed by atoms with E-state index in [1.807, 2.05) is 30.3 Å². The van der Waals surface area contributed by atoms with Gasteiger partial charge in [-0.05, 0) is 73.0 Å². The number of hydrogen-bond donors (Lipinski definition) is 1. The topological polar surface area (TPSA) is 41.6 Å². The molecule has 1 fully saturated rings. The van der Waals surface area contributed by atoms with Gasteiger partial charge in [-0.25, -0.2) is 0 Å². The van der Waals surface area contributed by atoms with Crippen molar-refractivity contribution in [3.8, 4) is 0 Å². The van der Waals surface area contributed by atoms with Crippen LogP contribution in [0.1, 0.15) is 56.9 Å². The molecule has 0 aliphatic carbocycles. The maximum Gasteiger partial charge on any atom is 0.416 e. The molecule has 222 valence electrons. The third-order valence-corrected chi connectivity index (χ3v) is 6.84. The molecule has 3 aromatic rings. The quantitative estimate of drug-likeness (QED) is 0.246. The van der Waals surface area contributed by atoms with Gasteiger partial charge in [-0.2, -0.15) is 26.3 Å². The van der Waals surface area contributed by atoms with Crippen molar-refractivity contribution >= 4 is 18.3 Å². The van der Waals surface area contributed by atoms with E-state index < -0.39 is 30.1 Å². The first-order valence-electron chi connectivity index (χ1n) is 13.0. The predicted molar refractivity (Wildman–Crippen MR) is 146 cm³/mol. The molecule has 0 spiro atoms. The third-order valence-electron chi connectivity index (χ3n) is 6.84. The minimum atomic E-state index is -4.93. The van der Waals surface area contributed by atoms with Crippen LogP contribution in [0.5, 0.6) is 0 Å². The highest BCUT2D eigenvalue weighted by Gasteiger charge is 2.36. The van der Waals surface area contributed by atoms with Crippen molar-refractivity contribution in [3.63, 3.8) is 0 Å². The Morgan fingerprint density at radius 2 is 1.41 bits per heavy atom. The molecule has 0 radical (unpaired) electrons. The summed E-state index contributed by atoms with van der Waals surface area (Å²) < 4.78 is 84.7. The largest absolute Gasteiger partial charge is 0.416 e. The van der Waals surface area contributed by atoms with Crippen LogP contribution >= 0.6 is 12.4 Å². The first-order valence-corrected chi connectivity index (χ1v) is 13.0. The highest BCUT2D eigenvalue weighted by Crippen LogP contribution is 2.36. The molecule has 1 atom stereocenters. The van der Waals surface area contributed by atoms with Crippen LogP contribution < -0.4 is 5.32 Å². The zero-order valence-electron chi connectivity index (χ0n) is 22.1.